The highest BCUT2D eigenvalue weighted by Crippen LogP contribution is 2.13. The fourth-order valence-corrected chi connectivity index (χ4v) is 2.42. The first-order chi connectivity index (χ1) is 12.6. The normalized spacial score (nSPS) is 11.5. The summed E-state index contributed by atoms with van der Waals surface area (Å²) in [5.41, 5.74) is 1.49. The molecule has 0 aliphatic carbocycles. The van der Waals surface area contributed by atoms with E-state index in [0.29, 0.717) is 24.3 Å². The first kappa shape index (κ1) is 19.5. The zero-order valence-electron chi connectivity index (χ0n) is 15.2. The molecule has 26 heavy (non-hydrogen) atoms. The molecule has 2 aromatic carbocycles. The van der Waals surface area contributed by atoms with E-state index in [2.05, 4.69) is 5.32 Å². The van der Waals surface area contributed by atoms with E-state index in [4.69, 9.17) is 9.47 Å². The standard InChI is InChI=1S/C21H25NO4/c1-3-25-19-11-7-10-18(14-19)21(24)22-16(2)12-13-20(23)26-15-17-8-5-4-6-9-17/h4-11,14,16H,3,12-13,15H2,1-2H3,(H,22,24)/t16-/m0/s1. The van der Waals surface area contributed by atoms with Crippen LogP contribution in [0.3, 0.4) is 0 Å². The van der Waals surface area contributed by atoms with E-state index < -0.39 is 0 Å². The summed E-state index contributed by atoms with van der Waals surface area (Å²) in [4.78, 5) is 24.1. The maximum absolute atomic E-state index is 12.3. The van der Waals surface area contributed by atoms with Gasteiger partial charge in [0.2, 0.25) is 0 Å². The van der Waals surface area contributed by atoms with Crippen LogP contribution in [0.5, 0.6) is 5.75 Å². The Labute approximate surface area is 154 Å². The van der Waals surface area contributed by atoms with Crippen molar-refractivity contribution >= 4 is 11.9 Å². The van der Waals surface area contributed by atoms with Gasteiger partial charge in [-0.25, -0.2) is 0 Å². The van der Waals surface area contributed by atoms with Crippen molar-refractivity contribution in [3.05, 3.63) is 65.7 Å². The lowest BCUT2D eigenvalue weighted by molar-refractivity contribution is -0.145. The van der Waals surface area contributed by atoms with Crippen molar-refractivity contribution in [3.8, 4) is 5.75 Å². The Kier molecular flexibility index (Phi) is 7.68. The number of esters is 1. The highest BCUT2D eigenvalue weighted by Gasteiger charge is 2.13. The summed E-state index contributed by atoms with van der Waals surface area (Å²) in [6.07, 6.45) is 0.776. The van der Waals surface area contributed by atoms with Crippen LogP contribution in [0.25, 0.3) is 0 Å². The molecule has 138 valence electrons. The lowest BCUT2D eigenvalue weighted by atomic mass is 10.1. The van der Waals surface area contributed by atoms with Gasteiger partial charge in [-0.3, -0.25) is 9.59 Å². The summed E-state index contributed by atoms with van der Waals surface area (Å²) in [6.45, 7) is 4.58. The maximum atomic E-state index is 12.3. The van der Waals surface area contributed by atoms with E-state index in [1.807, 2.05) is 50.2 Å². The molecule has 5 nitrogen and oxygen atoms in total. The maximum Gasteiger partial charge on any atom is 0.306 e. The smallest absolute Gasteiger partial charge is 0.306 e. The van der Waals surface area contributed by atoms with Gasteiger partial charge in [-0.05, 0) is 44.0 Å². The molecule has 0 unspecified atom stereocenters. The summed E-state index contributed by atoms with van der Waals surface area (Å²) < 4.78 is 10.6. The first-order valence-corrected chi connectivity index (χ1v) is 8.81. The minimum absolute atomic E-state index is 0.137. The Morgan fingerprint density at radius 3 is 2.58 bits per heavy atom. The molecule has 0 saturated carbocycles. The largest absolute Gasteiger partial charge is 0.494 e. The molecular weight excluding hydrogens is 330 g/mol. The summed E-state index contributed by atoms with van der Waals surface area (Å²) in [6, 6.07) is 16.4. The second kappa shape index (κ2) is 10.2. The molecule has 0 aromatic heterocycles. The topological polar surface area (TPSA) is 64.6 Å². The van der Waals surface area contributed by atoms with Gasteiger partial charge < -0.3 is 14.8 Å². The minimum atomic E-state index is -0.270. The molecule has 2 aromatic rings. The fourth-order valence-electron chi connectivity index (χ4n) is 2.42. The van der Waals surface area contributed by atoms with Gasteiger partial charge in [0, 0.05) is 18.0 Å². The molecule has 2 rings (SSSR count). The third kappa shape index (κ3) is 6.59. The van der Waals surface area contributed by atoms with Crippen LogP contribution in [0.4, 0.5) is 0 Å². The zero-order valence-corrected chi connectivity index (χ0v) is 15.2. The average molecular weight is 355 g/mol. The summed E-state index contributed by atoms with van der Waals surface area (Å²) >= 11 is 0. The number of amides is 1. The lowest BCUT2D eigenvalue weighted by Crippen LogP contribution is -2.33. The highest BCUT2D eigenvalue weighted by molar-refractivity contribution is 5.94. The number of ether oxygens (including phenoxy) is 2. The molecule has 0 heterocycles. The van der Waals surface area contributed by atoms with Crippen molar-refractivity contribution in [3.63, 3.8) is 0 Å². The van der Waals surface area contributed by atoms with Crippen LogP contribution in [0, 0.1) is 0 Å². The summed E-state index contributed by atoms with van der Waals surface area (Å²) in [5, 5.41) is 2.89. The van der Waals surface area contributed by atoms with Gasteiger partial charge in [-0.2, -0.15) is 0 Å². The Bertz CT molecular complexity index is 715. The number of carbonyl (C=O) groups excluding carboxylic acids is 2. The molecule has 0 fully saturated rings. The predicted molar refractivity (Wildman–Crippen MR) is 100 cm³/mol. The molecule has 1 N–H and O–H groups in total. The van der Waals surface area contributed by atoms with E-state index in [9.17, 15) is 9.59 Å². The van der Waals surface area contributed by atoms with Gasteiger partial charge in [0.1, 0.15) is 12.4 Å². The third-order valence-electron chi connectivity index (χ3n) is 3.81. The molecule has 0 radical (unpaired) electrons. The molecule has 1 atom stereocenters. The monoisotopic (exact) mass is 355 g/mol. The lowest BCUT2D eigenvalue weighted by Gasteiger charge is -2.14. The second-order valence-electron chi connectivity index (χ2n) is 6.02. The summed E-state index contributed by atoms with van der Waals surface area (Å²) in [5.74, 6) is 0.210. The van der Waals surface area contributed by atoms with Crippen molar-refractivity contribution in [2.24, 2.45) is 0 Å². The van der Waals surface area contributed by atoms with E-state index in [-0.39, 0.29) is 30.9 Å². The van der Waals surface area contributed by atoms with Crippen LogP contribution >= 0.6 is 0 Å². The van der Waals surface area contributed by atoms with Crippen molar-refractivity contribution in [1.29, 1.82) is 0 Å². The van der Waals surface area contributed by atoms with E-state index in [1.54, 1.807) is 18.2 Å². The number of nitrogens with one attached hydrogen (secondary N) is 1. The summed E-state index contributed by atoms with van der Waals surface area (Å²) in [7, 11) is 0. The fraction of sp³-hybridized carbons (Fsp3) is 0.333. The molecule has 0 aliphatic rings. The Balaban J connectivity index is 1.73. The number of benzene rings is 2. The Morgan fingerprint density at radius 1 is 1.08 bits per heavy atom. The van der Waals surface area contributed by atoms with Gasteiger partial charge in [-0.15, -0.1) is 0 Å². The molecule has 1 amide bonds. The zero-order chi connectivity index (χ0) is 18.8. The number of carbonyl (C=O) groups is 2. The van der Waals surface area contributed by atoms with Gasteiger partial charge in [-0.1, -0.05) is 36.4 Å². The third-order valence-corrected chi connectivity index (χ3v) is 3.81. The van der Waals surface area contributed by atoms with Gasteiger partial charge in [0.05, 0.1) is 6.61 Å². The average Bonchev–Trinajstić information content (AvgIpc) is 2.66. The van der Waals surface area contributed by atoms with Crippen LogP contribution in [0.15, 0.2) is 54.6 Å². The molecular formula is C21H25NO4. The predicted octanol–water partition coefficient (Wildman–Crippen LogP) is 3.73. The number of hydrogen-bond donors (Lipinski definition) is 1. The van der Waals surface area contributed by atoms with E-state index in [0.717, 1.165) is 5.56 Å². The van der Waals surface area contributed by atoms with Crippen LogP contribution in [-0.4, -0.2) is 24.5 Å². The number of rotatable bonds is 9. The van der Waals surface area contributed by atoms with E-state index in [1.165, 1.54) is 0 Å². The first-order valence-electron chi connectivity index (χ1n) is 8.81. The molecule has 5 heteroatoms. The van der Waals surface area contributed by atoms with Gasteiger partial charge >= 0.3 is 5.97 Å². The van der Waals surface area contributed by atoms with Crippen LogP contribution in [-0.2, 0) is 16.1 Å². The molecule has 0 saturated heterocycles. The second-order valence-corrected chi connectivity index (χ2v) is 6.02. The number of hydrogen-bond acceptors (Lipinski definition) is 4. The SMILES string of the molecule is CCOc1cccc(C(=O)N[C@@H](C)CCC(=O)OCc2ccccc2)c1. The highest BCUT2D eigenvalue weighted by atomic mass is 16.5. The minimum Gasteiger partial charge on any atom is -0.494 e. The van der Waals surface area contributed by atoms with Crippen molar-refractivity contribution in [2.45, 2.75) is 39.3 Å². The van der Waals surface area contributed by atoms with Crippen molar-refractivity contribution in [1.82, 2.24) is 5.32 Å². The molecule has 0 spiro atoms. The Morgan fingerprint density at radius 2 is 1.85 bits per heavy atom. The van der Waals surface area contributed by atoms with Crippen molar-refractivity contribution < 1.29 is 19.1 Å². The molecule has 0 aliphatic heterocycles. The van der Waals surface area contributed by atoms with E-state index >= 15 is 0 Å². The van der Waals surface area contributed by atoms with Crippen molar-refractivity contribution in [2.75, 3.05) is 6.61 Å². The quantitative estimate of drug-likeness (QED) is 0.696. The van der Waals surface area contributed by atoms with Crippen LogP contribution in [0.2, 0.25) is 0 Å². The van der Waals surface area contributed by atoms with Crippen LogP contribution < -0.4 is 10.1 Å². The van der Waals surface area contributed by atoms with Gasteiger partial charge in [0.15, 0.2) is 0 Å². The van der Waals surface area contributed by atoms with Gasteiger partial charge in [0.25, 0.3) is 5.91 Å². The molecule has 0 bridgehead atoms. The Hall–Kier alpha value is -2.82. The van der Waals surface area contributed by atoms with Crippen LogP contribution in [0.1, 0.15) is 42.6 Å².